The molecule has 0 atom stereocenters. The Labute approximate surface area is 276 Å². The minimum atomic E-state index is 0.670. The fourth-order valence-electron chi connectivity index (χ4n) is 7.83. The van der Waals surface area contributed by atoms with E-state index in [9.17, 15) is 5.26 Å². The van der Waals surface area contributed by atoms with Crippen molar-refractivity contribution in [3.8, 4) is 28.6 Å². The average molecular weight is 610 g/mol. The lowest BCUT2D eigenvalue weighted by Gasteiger charge is -2.16. The summed E-state index contributed by atoms with van der Waals surface area (Å²) < 4.78 is 4.82. The topological polar surface area (TPSA) is 33.6 Å². The van der Waals surface area contributed by atoms with Crippen molar-refractivity contribution in [2.45, 2.75) is 0 Å². The SMILES string of the molecule is N#Cc1ccc2cc(-n3c4ccccc4c4cccc(-c5ccc6c(c5)c5ccccc5n6-c5ccccc5)c43)c3ccccc3c2c1. The number of nitrogens with zero attached hydrogens (tertiary/aromatic N) is 3. The smallest absolute Gasteiger partial charge is 0.0991 e. The fourth-order valence-corrected chi connectivity index (χ4v) is 7.83. The summed E-state index contributed by atoms with van der Waals surface area (Å²) in [6, 6.07) is 60.9. The van der Waals surface area contributed by atoms with Crippen LogP contribution in [0.1, 0.15) is 5.56 Å². The molecule has 8 aromatic carbocycles. The van der Waals surface area contributed by atoms with Gasteiger partial charge in [-0.3, -0.25) is 0 Å². The van der Waals surface area contributed by atoms with Crippen LogP contribution in [0.15, 0.2) is 164 Å². The molecule has 0 amide bonds. The fraction of sp³-hybridized carbons (Fsp3) is 0. The molecule has 10 aromatic rings. The second kappa shape index (κ2) is 10.2. The van der Waals surface area contributed by atoms with Crippen molar-refractivity contribution in [1.29, 1.82) is 5.26 Å². The maximum Gasteiger partial charge on any atom is 0.0991 e. The lowest BCUT2D eigenvalue weighted by Crippen LogP contribution is -1.98. The second-order valence-electron chi connectivity index (χ2n) is 12.5. The predicted molar refractivity (Wildman–Crippen MR) is 200 cm³/mol. The highest BCUT2D eigenvalue weighted by Crippen LogP contribution is 2.42. The third-order valence-corrected chi connectivity index (χ3v) is 9.90. The molecular weight excluding hydrogens is 583 g/mol. The summed E-state index contributed by atoms with van der Waals surface area (Å²) >= 11 is 0. The van der Waals surface area contributed by atoms with Gasteiger partial charge in [-0.05, 0) is 76.3 Å². The molecule has 0 N–H and O–H groups in total. The van der Waals surface area contributed by atoms with Crippen molar-refractivity contribution in [3.05, 3.63) is 169 Å². The van der Waals surface area contributed by atoms with Crippen LogP contribution in [0.4, 0.5) is 0 Å². The highest BCUT2D eigenvalue weighted by molar-refractivity contribution is 6.18. The highest BCUT2D eigenvalue weighted by Gasteiger charge is 2.20. The third-order valence-electron chi connectivity index (χ3n) is 9.90. The summed E-state index contributed by atoms with van der Waals surface area (Å²) in [5.41, 5.74) is 10.1. The first-order valence-electron chi connectivity index (χ1n) is 16.3. The van der Waals surface area contributed by atoms with Gasteiger partial charge in [0.2, 0.25) is 0 Å². The maximum atomic E-state index is 9.68. The number of hydrogen-bond donors (Lipinski definition) is 0. The Morgan fingerprint density at radius 2 is 1.06 bits per heavy atom. The lowest BCUT2D eigenvalue weighted by molar-refractivity contribution is 1.18. The summed E-state index contributed by atoms with van der Waals surface area (Å²) in [6.45, 7) is 0. The van der Waals surface area contributed by atoms with Crippen molar-refractivity contribution in [1.82, 2.24) is 9.13 Å². The molecule has 10 rings (SSSR count). The lowest BCUT2D eigenvalue weighted by atomic mass is 9.97. The van der Waals surface area contributed by atoms with Crippen molar-refractivity contribution in [2.75, 3.05) is 0 Å². The molecule has 0 bridgehead atoms. The zero-order chi connectivity index (χ0) is 31.8. The second-order valence-corrected chi connectivity index (χ2v) is 12.5. The molecule has 0 aliphatic carbocycles. The van der Waals surface area contributed by atoms with E-state index in [2.05, 4.69) is 167 Å². The Morgan fingerprint density at radius 1 is 0.417 bits per heavy atom. The Hall–Kier alpha value is -6.63. The van der Waals surface area contributed by atoms with Gasteiger partial charge in [0.05, 0.1) is 39.4 Å². The molecule has 3 heteroatoms. The van der Waals surface area contributed by atoms with Crippen LogP contribution in [0.5, 0.6) is 0 Å². The van der Waals surface area contributed by atoms with E-state index in [0.717, 1.165) is 32.9 Å². The van der Waals surface area contributed by atoms with E-state index in [-0.39, 0.29) is 0 Å². The van der Waals surface area contributed by atoms with Crippen LogP contribution in [0, 0.1) is 11.3 Å². The number of aromatic nitrogens is 2. The zero-order valence-electron chi connectivity index (χ0n) is 25.9. The molecule has 0 unspecified atom stereocenters. The van der Waals surface area contributed by atoms with E-state index in [4.69, 9.17) is 0 Å². The van der Waals surface area contributed by atoms with E-state index >= 15 is 0 Å². The molecule has 3 nitrogen and oxygen atoms in total. The molecule has 0 fully saturated rings. The molecule has 222 valence electrons. The molecule has 0 saturated heterocycles. The normalized spacial score (nSPS) is 11.7. The molecule has 48 heavy (non-hydrogen) atoms. The Kier molecular flexibility index (Phi) is 5.64. The minimum absolute atomic E-state index is 0.670. The van der Waals surface area contributed by atoms with Gasteiger partial charge in [0.1, 0.15) is 0 Å². The van der Waals surface area contributed by atoms with Gasteiger partial charge in [-0.1, -0.05) is 109 Å². The first kappa shape index (κ1) is 26.6. The minimum Gasteiger partial charge on any atom is -0.309 e. The molecule has 0 spiro atoms. The third kappa shape index (κ3) is 3.75. The van der Waals surface area contributed by atoms with Crippen LogP contribution >= 0.6 is 0 Å². The van der Waals surface area contributed by atoms with Crippen LogP contribution in [0.3, 0.4) is 0 Å². The van der Waals surface area contributed by atoms with E-state index in [1.54, 1.807) is 0 Å². The van der Waals surface area contributed by atoms with E-state index in [1.165, 1.54) is 54.7 Å². The van der Waals surface area contributed by atoms with Gasteiger partial charge in [-0.2, -0.15) is 5.26 Å². The van der Waals surface area contributed by atoms with Crippen LogP contribution in [0.2, 0.25) is 0 Å². The van der Waals surface area contributed by atoms with Crippen LogP contribution in [-0.4, -0.2) is 9.13 Å². The molecule has 0 radical (unpaired) electrons. The summed E-state index contributed by atoms with van der Waals surface area (Å²) in [7, 11) is 0. The molecule has 0 saturated carbocycles. The monoisotopic (exact) mass is 609 g/mol. The number of hydrogen-bond acceptors (Lipinski definition) is 1. The Bertz CT molecular complexity index is 2950. The van der Waals surface area contributed by atoms with Gasteiger partial charge in [-0.25, -0.2) is 0 Å². The van der Waals surface area contributed by atoms with Crippen molar-refractivity contribution in [3.63, 3.8) is 0 Å². The maximum absolute atomic E-state index is 9.68. The van der Waals surface area contributed by atoms with Gasteiger partial charge in [0.25, 0.3) is 0 Å². The summed E-state index contributed by atoms with van der Waals surface area (Å²) in [5, 5.41) is 19.1. The molecule has 0 aliphatic heterocycles. The molecule has 2 aromatic heterocycles. The first-order chi connectivity index (χ1) is 23.8. The van der Waals surface area contributed by atoms with E-state index in [0.29, 0.717) is 5.56 Å². The van der Waals surface area contributed by atoms with Crippen molar-refractivity contribution in [2.24, 2.45) is 0 Å². The standard InChI is InChI=1S/C45H27N3/c46-28-29-21-22-31-27-44(35-14-5-4-13-34(35)39(31)25-29)48-42-20-9-6-15-36(42)38-18-10-17-33(45(38)48)30-23-24-43-40(26-30)37-16-7-8-19-41(37)47(43)32-11-2-1-3-12-32/h1-27H. The number of fused-ring (bicyclic) bond motifs is 9. The van der Waals surface area contributed by atoms with Gasteiger partial charge in [0, 0.05) is 38.2 Å². The number of nitriles is 1. The van der Waals surface area contributed by atoms with E-state index in [1.807, 2.05) is 12.1 Å². The summed E-state index contributed by atoms with van der Waals surface area (Å²) in [5.74, 6) is 0. The van der Waals surface area contributed by atoms with Gasteiger partial charge in [-0.15, -0.1) is 0 Å². The van der Waals surface area contributed by atoms with Crippen LogP contribution < -0.4 is 0 Å². The summed E-state index contributed by atoms with van der Waals surface area (Å²) in [4.78, 5) is 0. The quantitative estimate of drug-likeness (QED) is 0.183. The number of para-hydroxylation sites is 4. The zero-order valence-corrected chi connectivity index (χ0v) is 25.9. The molecular formula is C45H27N3. The van der Waals surface area contributed by atoms with Gasteiger partial charge >= 0.3 is 0 Å². The summed E-state index contributed by atoms with van der Waals surface area (Å²) in [6.07, 6.45) is 0. The molecule has 0 aliphatic rings. The predicted octanol–water partition coefficient (Wildman–Crippen LogP) is 11.7. The Balaban J connectivity index is 1.31. The van der Waals surface area contributed by atoms with Crippen molar-refractivity contribution >= 4 is 65.2 Å². The van der Waals surface area contributed by atoms with Crippen molar-refractivity contribution < 1.29 is 0 Å². The van der Waals surface area contributed by atoms with Gasteiger partial charge in [0.15, 0.2) is 0 Å². The average Bonchev–Trinajstić information content (AvgIpc) is 3.67. The van der Waals surface area contributed by atoms with Crippen LogP contribution in [-0.2, 0) is 0 Å². The highest BCUT2D eigenvalue weighted by atomic mass is 15.0. The Morgan fingerprint density at radius 3 is 1.85 bits per heavy atom. The van der Waals surface area contributed by atoms with Gasteiger partial charge < -0.3 is 9.13 Å². The van der Waals surface area contributed by atoms with E-state index < -0.39 is 0 Å². The first-order valence-corrected chi connectivity index (χ1v) is 16.3. The largest absolute Gasteiger partial charge is 0.309 e. The molecule has 2 heterocycles. The van der Waals surface area contributed by atoms with Crippen LogP contribution in [0.25, 0.3) is 87.7 Å². The number of rotatable bonds is 3. The number of benzene rings is 8.